The van der Waals surface area contributed by atoms with Crippen molar-refractivity contribution in [3.8, 4) is 0 Å². The zero-order valence-electron chi connectivity index (χ0n) is 17.1. The van der Waals surface area contributed by atoms with Crippen LogP contribution >= 0.6 is 11.3 Å². The van der Waals surface area contributed by atoms with Crippen molar-refractivity contribution < 1.29 is 22.8 Å². The van der Waals surface area contributed by atoms with Gasteiger partial charge in [0.15, 0.2) is 9.84 Å². The Labute approximate surface area is 180 Å². The van der Waals surface area contributed by atoms with Gasteiger partial charge in [0.1, 0.15) is 12.1 Å². The number of amides is 4. The van der Waals surface area contributed by atoms with E-state index in [0.29, 0.717) is 19.4 Å². The number of urea groups is 1. The first-order valence-electron chi connectivity index (χ1n) is 10.5. The summed E-state index contributed by atoms with van der Waals surface area (Å²) >= 11 is 1.58. The van der Waals surface area contributed by atoms with Gasteiger partial charge in [-0.15, -0.1) is 11.3 Å². The number of hydrogen-bond acceptors (Lipinski definition) is 6. The van der Waals surface area contributed by atoms with E-state index in [2.05, 4.69) is 5.32 Å². The molecule has 1 aromatic heterocycles. The summed E-state index contributed by atoms with van der Waals surface area (Å²) in [6.45, 7) is 2.07. The first-order valence-corrected chi connectivity index (χ1v) is 13.2. The van der Waals surface area contributed by atoms with Crippen LogP contribution < -0.4 is 5.32 Å². The van der Waals surface area contributed by atoms with E-state index in [-0.39, 0.29) is 35.9 Å². The van der Waals surface area contributed by atoms with E-state index in [1.165, 1.54) is 0 Å². The van der Waals surface area contributed by atoms with Crippen LogP contribution in [0.2, 0.25) is 0 Å². The van der Waals surface area contributed by atoms with Gasteiger partial charge in [0.05, 0.1) is 11.5 Å². The van der Waals surface area contributed by atoms with Crippen LogP contribution in [0.15, 0.2) is 11.4 Å². The maximum atomic E-state index is 13.3. The highest BCUT2D eigenvalue weighted by atomic mass is 32.2. The second-order valence-corrected chi connectivity index (χ2v) is 11.6. The lowest BCUT2D eigenvalue weighted by atomic mass is 9.80. The Morgan fingerprint density at radius 2 is 2.20 bits per heavy atom. The fraction of sp³-hybridized carbons (Fsp3) is 0.650. The van der Waals surface area contributed by atoms with Gasteiger partial charge < -0.3 is 10.2 Å². The van der Waals surface area contributed by atoms with Crippen molar-refractivity contribution >= 4 is 39.0 Å². The number of rotatable bonds is 6. The molecular formula is C20H27N3O5S2. The maximum Gasteiger partial charge on any atom is 0.325 e. The molecule has 2 saturated heterocycles. The minimum atomic E-state index is -3.15. The van der Waals surface area contributed by atoms with Crippen molar-refractivity contribution in [3.63, 3.8) is 0 Å². The molecule has 3 heterocycles. The van der Waals surface area contributed by atoms with Gasteiger partial charge >= 0.3 is 6.03 Å². The molecule has 1 aromatic rings. The lowest BCUT2D eigenvalue weighted by molar-refractivity contribution is -0.140. The molecule has 0 aromatic carbocycles. The summed E-state index contributed by atoms with van der Waals surface area (Å²) in [5.74, 6) is -0.729. The average Bonchev–Trinajstić information content (AvgIpc) is 3.37. The summed E-state index contributed by atoms with van der Waals surface area (Å²) in [6.07, 6.45) is 4.20. The molecule has 30 heavy (non-hydrogen) atoms. The third-order valence-corrected chi connectivity index (χ3v) is 9.08. The summed E-state index contributed by atoms with van der Waals surface area (Å²) in [4.78, 5) is 42.8. The van der Waals surface area contributed by atoms with Crippen molar-refractivity contribution in [1.82, 2.24) is 15.1 Å². The van der Waals surface area contributed by atoms with Gasteiger partial charge in [0, 0.05) is 23.0 Å². The number of hydrogen-bond donors (Lipinski definition) is 1. The van der Waals surface area contributed by atoms with Crippen LogP contribution in [-0.4, -0.2) is 66.7 Å². The van der Waals surface area contributed by atoms with Crippen LogP contribution in [0.3, 0.4) is 0 Å². The van der Waals surface area contributed by atoms with Gasteiger partial charge in [-0.3, -0.25) is 14.5 Å². The molecule has 10 heteroatoms. The van der Waals surface area contributed by atoms with Gasteiger partial charge in [-0.05, 0) is 43.6 Å². The van der Waals surface area contributed by atoms with E-state index in [1.807, 2.05) is 18.4 Å². The number of aryl methyl sites for hydroxylation is 1. The minimum absolute atomic E-state index is 0.0508. The van der Waals surface area contributed by atoms with Crippen molar-refractivity contribution in [2.45, 2.75) is 57.0 Å². The monoisotopic (exact) mass is 453 g/mol. The van der Waals surface area contributed by atoms with Crippen LogP contribution in [0.25, 0.3) is 0 Å². The third-order valence-electron chi connectivity index (χ3n) is 6.35. The lowest BCUT2D eigenvalue weighted by Crippen LogP contribution is -2.49. The van der Waals surface area contributed by atoms with Gasteiger partial charge in [-0.25, -0.2) is 13.2 Å². The number of imide groups is 1. The molecule has 0 radical (unpaired) electrons. The highest BCUT2D eigenvalue weighted by molar-refractivity contribution is 7.91. The summed E-state index contributed by atoms with van der Waals surface area (Å²) < 4.78 is 23.8. The van der Waals surface area contributed by atoms with Gasteiger partial charge in [0.25, 0.3) is 5.91 Å². The molecule has 3 aliphatic rings. The zero-order valence-corrected chi connectivity index (χ0v) is 18.7. The molecule has 164 valence electrons. The van der Waals surface area contributed by atoms with Crippen LogP contribution in [0.1, 0.15) is 49.5 Å². The van der Waals surface area contributed by atoms with Crippen molar-refractivity contribution in [2.24, 2.45) is 0 Å². The predicted octanol–water partition coefficient (Wildman–Crippen LogP) is 1.65. The number of nitrogens with one attached hydrogen (secondary N) is 1. The van der Waals surface area contributed by atoms with Gasteiger partial charge in [0.2, 0.25) is 5.91 Å². The van der Waals surface area contributed by atoms with E-state index in [0.717, 1.165) is 41.0 Å². The Balaban J connectivity index is 1.54. The Morgan fingerprint density at radius 1 is 1.40 bits per heavy atom. The Bertz CT molecular complexity index is 973. The zero-order chi connectivity index (χ0) is 21.5. The quantitative estimate of drug-likeness (QED) is 0.660. The topological polar surface area (TPSA) is 104 Å². The van der Waals surface area contributed by atoms with E-state index in [1.54, 1.807) is 16.2 Å². The molecule has 2 fully saturated rings. The number of sulfone groups is 1. The highest BCUT2D eigenvalue weighted by Crippen LogP contribution is 2.42. The van der Waals surface area contributed by atoms with Crippen LogP contribution in [0.4, 0.5) is 4.79 Å². The van der Waals surface area contributed by atoms with E-state index < -0.39 is 21.4 Å². The van der Waals surface area contributed by atoms with Crippen LogP contribution in [-0.2, 0) is 31.4 Å². The third kappa shape index (κ3) is 3.64. The highest BCUT2D eigenvalue weighted by Gasteiger charge is 2.55. The number of nitrogens with zero attached hydrogens (tertiary/aromatic N) is 2. The van der Waals surface area contributed by atoms with Crippen LogP contribution in [0.5, 0.6) is 0 Å². The van der Waals surface area contributed by atoms with Crippen molar-refractivity contribution in [2.75, 3.05) is 24.6 Å². The number of carbonyl (C=O) groups is 3. The van der Waals surface area contributed by atoms with Crippen molar-refractivity contribution in [3.05, 3.63) is 21.9 Å². The molecule has 4 rings (SSSR count). The average molecular weight is 454 g/mol. The molecule has 2 atom stereocenters. The van der Waals surface area contributed by atoms with E-state index in [4.69, 9.17) is 0 Å². The normalized spacial score (nSPS) is 27.4. The number of thiophene rings is 1. The minimum Gasteiger partial charge on any atom is -0.337 e. The number of fused-ring (bicyclic) bond motifs is 2. The second kappa shape index (κ2) is 7.96. The first kappa shape index (κ1) is 21.3. The largest absolute Gasteiger partial charge is 0.337 e. The lowest BCUT2D eigenvalue weighted by Gasteiger charge is -2.32. The number of unbranched alkanes of at least 4 members (excludes halogenated alkanes) is 1. The summed E-state index contributed by atoms with van der Waals surface area (Å²) in [7, 11) is -3.15. The smallest absolute Gasteiger partial charge is 0.325 e. The molecule has 1 N–H and O–H groups in total. The summed E-state index contributed by atoms with van der Waals surface area (Å²) in [6, 6.07) is 0.948. The van der Waals surface area contributed by atoms with Gasteiger partial charge in [-0.1, -0.05) is 13.3 Å². The molecule has 0 bridgehead atoms. The fourth-order valence-electron chi connectivity index (χ4n) is 4.77. The molecule has 0 saturated carbocycles. The van der Waals surface area contributed by atoms with E-state index >= 15 is 0 Å². The second-order valence-electron chi connectivity index (χ2n) is 8.34. The molecule has 1 aliphatic carbocycles. The molecule has 4 amide bonds. The first-order chi connectivity index (χ1) is 14.3. The molecule has 0 unspecified atom stereocenters. The van der Waals surface area contributed by atoms with Gasteiger partial charge in [-0.2, -0.15) is 0 Å². The maximum absolute atomic E-state index is 13.3. The van der Waals surface area contributed by atoms with E-state index in [9.17, 15) is 22.8 Å². The summed E-state index contributed by atoms with van der Waals surface area (Å²) in [5.41, 5.74) is -0.229. The van der Waals surface area contributed by atoms with Crippen molar-refractivity contribution in [1.29, 1.82) is 0 Å². The summed E-state index contributed by atoms with van der Waals surface area (Å²) in [5, 5.41) is 4.79. The molecule has 1 spiro atoms. The number of carbonyl (C=O) groups excluding carboxylic acids is 3. The predicted molar refractivity (Wildman–Crippen MR) is 113 cm³/mol. The Kier molecular flexibility index (Phi) is 5.65. The SMILES string of the molecule is CCCCN(C(=O)CN1C(=O)N[C@@]2(CCCc3sccc32)C1=O)[C@H]1CCS(=O)(=O)C1. The standard InChI is InChI=1S/C20H27N3O5S2/c1-2-3-9-22(14-7-11-30(27,28)13-14)17(24)12-23-18(25)20(21-19(23)26)8-4-5-16-15(20)6-10-29-16/h6,10,14H,2-5,7-9,11-13H2,1H3,(H,21,26)/t14-,20+/m0/s1. The fourth-order valence-corrected chi connectivity index (χ4v) is 7.50. The Hall–Kier alpha value is -1.94. The molecular weight excluding hydrogens is 426 g/mol. The molecule has 2 aliphatic heterocycles. The van der Waals surface area contributed by atoms with Crippen LogP contribution in [0, 0.1) is 0 Å². The Morgan fingerprint density at radius 3 is 2.90 bits per heavy atom. The molecule has 8 nitrogen and oxygen atoms in total.